The minimum atomic E-state index is -0.509. The predicted octanol–water partition coefficient (Wildman–Crippen LogP) is 1.12. The molecule has 1 amide bonds. The first kappa shape index (κ1) is 10.7. The van der Waals surface area contributed by atoms with Crippen molar-refractivity contribution in [1.82, 2.24) is 4.98 Å². The third-order valence-corrected chi connectivity index (χ3v) is 3.05. The van der Waals surface area contributed by atoms with Gasteiger partial charge in [-0.15, -0.1) is 0 Å². The first-order chi connectivity index (χ1) is 7.50. The first-order valence-corrected chi connectivity index (χ1v) is 5.34. The molecule has 0 radical (unpaired) electrons. The van der Waals surface area contributed by atoms with Crippen LogP contribution in [0.3, 0.4) is 0 Å². The number of rotatable bonds is 3. The van der Waals surface area contributed by atoms with Crippen LogP contribution in [0, 0.1) is 0 Å². The number of carbonyl (C=O) groups excluding carboxylic acids is 1. The van der Waals surface area contributed by atoms with E-state index in [1.54, 1.807) is 6.07 Å². The molecule has 86 valence electrons. The van der Waals surface area contributed by atoms with Gasteiger partial charge in [-0.1, -0.05) is 0 Å². The fourth-order valence-electron chi connectivity index (χ4n) is 1.89. The number of nitrogens with two attached hydrogens (primary N) is 2. The van der Waals surface area contributed by atoms with Gasteiger partial charge in [0, 0.05) is 5.54 Å². The van der Waals surface area contributed by atoms with Crippen LogP contribution in [0.2, 0.25) is 0 Å². The summed E-state index contributed by atoms with van der Waals surface area (Å²) < 4.78 is 0. The van der Waals surface area contributed by atoms with E-state index in [2.05, 4.69) is 17.2 Å². The Bertz CT molecular complexity index is 426. The number of hydrogen-bond donors (Lipinski definition) is 3. The average molecular weight is 220 g/mol. The molecule has 2 rings (SSSR count). The average Bonchev–Trinajstić information content (AvgIpc) is 2.18. The van der Waals surface area contributed by atoms with Crippen LogP contribution in [-0.2, 0) is 0 Å². The van der Waals surface area contributed by atoms with Gasteiger partial charge >= 0.3 is 0 Å². The molecule has 1 heterocycles. The molecule has 0 aliphatic heterocycles. The normalized spacial score (nSPS) is 17.6. The SMILES string of the molecule is CC1(Nc2ncc(N)cc2C(N)=O)CCC1. The molecule has 1 saturated carbocycles. The largest absolute Gasteiger partial charge is 0.397 e. The number of hydrogen-bond acceptors (Lipinski definition) is 4. The maximum Gasteiger partial charge on any atom is 0.252 e. The van der Waals surface area contributed by atoms with Gasteiger partial charge in [0.05, 0.1) is 17.4 Å². The fraction of sp³-hybridized carbons (Fsp3) is 0.455. The molecule has 0 aromatic carbocycles. The molecule has 5 nitrogen and oxygen atoms in total. The van der Waals surface area contributed by atoms with Crippen LogP contribution in [0.1, 0.15) is 36.5 Å². The van der Waals surface area contributed by atoms with Gasteiger partial charge in [0.2, 0.25) is 0 Å². The number of nitrogens with one attached hydrogen (secondary N) is 1. The molecule has 0 spiro atoms. The van der Waals surface area contributed by atoms with E-state index in [1.807, 2.05) is 0 Å². The van der Waals surface area contributed by atoms with Gasteiger partial charge in [0.25, 0.3) is 5.91 Å². The van der Waals surface area contributed by atoms with Crippen molar-refractivity contribution in [1.29, 1.82) is 0 Å². The Balaban J connectivity index is 2.29. The molecular weight excluding hydrogens is 204 g/mol. The third-order valence-electron chi connectivity index (χ3n) is 3.05. The fourth-order valence-corrected chi connectivity index (χ4v) is 1.89. The van der Waals surface area contributed by atoms with E-state index in [9.17, 15) is 4.79 Å². The lowest BCUT2D eigenvalue weighted by Crippen LogP contribution is -2.42. The van der Waals surface area contributed by atoms with E-state index in [1.165, 1.54) is 12.6 Å². The summed E-state index contributed by atoms with van der Waals surface area (Å²) in [6, 6.07) is 1.56. The molecule has 1 aromatic rings. The second-order valence-corrected chi connectivity index (χ2v) is 4.57. The molecule has 0 atom stereocenters. The van der Waals surface area contributed by atoms with Crippen LogP contribution in [-0.4, -0.2) is 16.4 Å². The number of carbonyl (C=O) groups is 1. The molecule has 1 fully saturated rings. The third kappa shape index (κ3) is 1.93. The molecule has 5 N–H and O–H groups in total. The van der Waals surface area contributed by atoms with Crippen LogP contribution < -0.4 is 16.8 Å². The minimum absolute atomic E-state index is 0.0350. The molecule has 0 saturated heterocycles. The summed E-state index contributed by atoms with van der Waals surface area (Å²) in [6.45, 7) is 2.11. The van der Waals surface area contributed by atoms with E-state index in [0.717, 1.165) is 12.8 Å². The highest BCUT2D eigenvalue weighted by Gasteiger charge is 2.32. The van der Waals surface area contributed by atoms with Gasteiger partial charge in [-0.3, -0.25) is 4.79 Å². The van der Waals surface area contributed by atoms with Crippen molar-refractivity contribution in [3.8, 4) is 0 Å². The Morgan fingerprint density at radius 1 is 1.56 bits per heavy atom. The van der Waals surface area contributed by atoms with Crippen molar-refractivity contribution in [3.63, 3.8) is 0 Å². The summed E-state index contributed by atoms with van der Waals surface area (Å²) in [6.07, 6.45) is 4.88. The van der Waals surface area contributed by atoms with Gasteiger partial charge in [-0.25, -0.2) is 4.98 Å². The van der Waals surface area contributed by atoms with Crippen LogP contribution in [0.15, 0.2) is 12.3 Å². The monoisotopic (exact) mass is 220 g/mol. The Morgan fingerprint density at radius 3 is 2.75 bits per heavy atom. The van der Waals surface area contributed by atoms with Crippen LogP contribution in [0.5, 0.6) is 0 Å². The van der Waals surface area contributed by atoms with Crippen LogP contribution in [0.25, 0.3) is 0 Å². The Labute approximate surface area is 94.2 Å². The number of pyridine rings is 1. The summed E-state index contributed by atoms with van der Waals surface area (Å²) in [4.78, 5) is 15.4. The van der Waals surface area contributed by atoms with E-state index >= 15 is 0 Å². The zero-order chi connectivity index (χ0) is 11.8. The zero-order valence-corrected chi connectivity index (χ0v) is 9.29. The molecule has 1 aromatic heterocycles. The lowest BCUT2D eigenvalue weighted by atomic mass is 9.78. The standard InChI is InChI=1S/C11H16N4O/c1-11(3-2-4-11)15-10-8(9(13)16)5-7(12)6-14-10/h5-6H,2-4,12H2,1H3,(H2,13,16)(H,14,15). The molecule has 0 bridgehead atoms. The Morgan fingerprint density at radius 2 is 2.25 bits per heavy atom. The zero-order valence-electron chi connectivity index (χ0n) is 9.29. The molecule has 1 aliphatic carbocycles. The topological polar surface area (TPSA) is 94.0 Å². The van der Waals surface area contributed by atoms with Crippen LogP contribution in [0.4, 0.5) is 11.5 Å². The van der Waals surface area contributed by atoms with Crippen molar-refractivity contribution in [2.75, 3.05) is 11.1 Å². The Kier molecular flexibility index (Phi) is 2.46. The van der Waals surface area contributed by atoms with Gasteiger partial charge < -0.3 is 16.8 Å². The van der Waals surface area contributed by atoms with Gasteiger partial charge in [0.15, 0.2) is 0 Å². The Hall–Kier alpha value is -1.78. The number of aromatic nitrogens is 1. The highest BCUT2D eigenvalue weighted by molar-refractivity contribution is 5.98. The summed E-state index contributed by atoms with van der Waals surface area (Å²) in [5.74, 6) is 0.0223. The predicted molar refractivity (Wildman–Crippen MR) is 63.0 cm³/mol. The summed E-state index contributed by atoms with van der Waals surface area (Å²) in [7, 11) is 0. The first-order valence-electron chi connectivity index (χ1n) is 5.34. The summed E-state index contributed by atoms with van der Waals surface area (Å²) in [5.41, 5.74) is 11.7. The highest BCUT2D eigenvalue weighted by atomic mass is 16.1. The highest BCUT2D eigenvalue weighted by Crippen LogP contribution is 2.35. The number of primary amides is 1. The van der Waals surface area contributed by atoms with E-state index in [0.29, 0.717) is 17.1 Å². The van der Waals surface area contributed by atoms with Gasteiger partial charge in [0.1, 0.15) is 5.82 Å². The molecule has 0 unspecified atom stereocenters. The summed E-state index contributed by atoms with van der Waals surface area (Å²) in [5, 5.41) is 3.26. The van der Waals surface area contributed by atoms with Gasteiger partial charge in [-0.2, -0.15) is 0 Å². The number of amides is 1. The van der Waals surface area contributed by atoms with Crippen molar-refractivity contribution in [2.45, 2.75) is 31.7 Å². The van der Waals surface area contributed by atoms with E-state index < -0.39 is 5.91 Å². The maximum atomic E-state index is 11.3. The second kappa shape index (κ2) is 3.66. The number of anilines is 2. The molecule has 5 heteroatoms. The molecule has 16 heavy (non-hydrogen) atoms. The van der Waals surface area contributed by atoms with E-state index in [4.69, 9.17) is 11.5 Å². The van der Waals surface area contributed by atoms with Crippen molar-refractivity contribution in [2.24, 2.45) is 5.73 Å². The lowest BCUT2D eigenvalue weighted by Gasteiger charge is -2.39. The van der Waals surface area contributed by atoms with Crippen molar-refractivity contribution >= 4 is 17.4 Å². The smallest absolute Gasteiger partial charge is 0.252 e. The minimum Gasteiger partial charge on any atom is -0.397 e. The lowest BCUT2D eigenvalue weighted by molar-refractivity contribution is 0.100. The maximum absolute atomic E-state index is 11.3. The van der Waals surface area contributed by atoms with Crippen molar-refractivity contribution < 1.29 is 4.79 Å². The quantitative estimate of drug-likeness (QED) is 0.711. The number of nitrogen functional groups attached to an aromatic ring is 1. The molecule has 1 aliphatic rings. The van der Waals surface area contributed by atoms with Crippen molar-refractivity contribution in [3.05, 3.63) is 17.8 Å². The number of nitrogens with zero attached hydrogens (tertiary/aromatic N) is 1. The summed E-state index contributed by atoms with van der Waals surface area (Å²) >= 11 is 0. The van der Waals surface area contributed by atoms with Crippen LogP contribution >= 0.6 is 0 Å². The van der Waals surface area contributed by atoms with E-state index in [-0.39, 0.29) is 5.54 Å². The molecular formula is C11H16N4O. The van der Waals surface area contributed by atoms with Gasteiger partial charge in [-0.05, 0) is 32.3 Å². The second-order valence-electron chi connectivity index (χ2n) is 4.57.